The van der Waals surface area contributed by atoms with Crippen LogP contribution in [0.1, 0.15) is 77.2 Å². The number of hydrogen-bond acceptors (Lipinski definition) is 3. The van der Waals surface area contributed by atoms with Crippen molar-refractivity contribution in [3.63, 3.8) is 0 Å². The van der Waals surface area contributed by atoms with Crippen LogP contribution < -0.4 is 5.32 Å². The van der Waals surface area contributed by atoms with Gasteiger partial charge in [-0.1, -0.05) is 37.5 Å². The summed E-state index contributed by atoms with van der Waals surface area (Å²) in [7, 11) is 0. The molecule has 0 unspecified atom stereocenters. The summed E-state index contributed by atoms with van der Waals surface area (Å²) in [5.41, 5.74) is 5.13. The van der Waals surface area contributed by atoms with E-state index in [-0.39, 0.29) is 12.1 Å². The molecule has 0 bridgehead atoms. The molecule has 3 heterocycles. The number of benzene rings is 1. The van der Waals surface area contributed by atoms with Crippen molar-refractivity contribution in [3.05, 3.63) is 82.9 Å². The summed E-state index contributed by atoms with van der Waals surface area (Å²) in [6.45, 7) is 4.12. The quantitative estimate of drug-likeness (QED) is 0.477. The van der Waals surface area contributed by atoms with Gasteiger partial charge in [-0.25, -0.2) is 4.79 Å². The zero-order valence-corrected chi connectivity index (χ0v) is 20.4. The molecular formula is C27H30N4O2S. The predicted octanol–water partition coefficient (Wildman–Crippen LogP) is 5.49. The third-order valence-electron chi connectivity index (χ3n) is 7.27. The standard InChI is InChI=1S/C27H30N4O2S/c1-17-16-21(18(2)30(17)23-14-7-6-12-20(23)26(32)33)25-24(22-13-8-9-15-28-22)29-27(34)31(25)19-10-4-3-5-11-19/h6-9,12-16,19,24-25H,3-5,10-11H2,1-2H3,(H,29,34)(H,32,33)/t24-,25-/m1/s1. The molecule has 1 aromatic carbocycles. The second-order valence-electron chi connectivity index (χ2n) is 9.31. The maximum absolute atomic E-state index is 12.0. The molecule has 5 rings (SSSR count). The lowest BCUT2D eigenvalue weighted by atomic mass is 9.90. The maximum Gasteiger partial charge on any atom is 0.337 e. The molecule has 0 spiro atoms. The molecule has 6 nitrogen and oxygen atoms in total. The van der Waals surface area contributed by atoms with E-state index in [4.69, 9.17) is 12.2 Å². The van der Waals surface area contributed by atoms with Crippen LogP contribution in [0.25, 0.3) is 5.69 Å². The number of aryl methyl sites for hydroxylation is 1. The van der Waals surface area contributed by atoms with E-state index in [2.05, 4.69) is 38.8 Å². The fraction of sp³-hybridized carbons (Fsp3) is 0.370. The minimum atomic E-state index is -0.927. The van der Waals surface area contributed by atoms with E-state index < -0.39 is 5.97 Å². The lowest BCUT2D eigenvalue weighted by Crippen LogP contribution is -2.40. The highest BCUT2D eigenvalue weighted by Crippen LogP contribution is 2.44. The average Bonchev–Trinajstić information content (AvgIpc) is 3.35. The first-order valence-corrected chi connectivity index (χ1v) is 12.4. The van der Waals surface area contributed by atoms with E-state index in [1.807, 2.05) is 37.4 Å². The number of nitrogens with one attached hydrogen (secondary N) is 1. The predicted molar refractivity (Wildman–Crippen MR) is 136 cm³/mol. The van der Waals surface area contributed by atoms with Crippen LogP contribution in [0.4, 0.5) is 0 Å². The number of rotatable bonds is 5. The zero-order valence-electron chi connectivity index (χ0n) is 19.6. The van der Waals surface area contributed by atoms with Crippen molar-refractivity contribution in [1.29, 1.82) is 0 Å². The molecule has 2 N–H and O–H groups in total. The molecule has 2 atom stereocenters. The first-order valence-electron chi connectivity index (χ1n) is 12.0. The highest BCUT2D eigenvalue weighted by molar-refractivity contribution is 7.80. The van der Waals surface area contributed by atoms with Gasteiger partial charge in [0.05, 0.1) is 29.0 Å². The van der Waals surface area contributed by atoms with Crippen LogP contribution in [0, 0.1) is 13.8 Å². The number of aromatic nitrogens is 2. The van der Waals surface area contributed by atoms with Gasteiger partial charge in [0.15, 0.2) is 5.11 Å². The number of carbonyl (C=O) groups is 1. The molecule has 3 aromatic rings. The Hall–Kier alpha value is -3.19. The second kappa shape index (κ2) is 9.22. The van der Waals surface area contributed by atoms with Crippen LogP contribution in [0.2, 0.25) is 0 Å². The number of hydrogen-bond donors (Lipinski definition) is 2. The topological polar surface area (TPSA) is 70.4 Å². The van der Waals surface area contributed by atoms with Crippen molar-refractivity contribution in [3.8, 4) is 5.69 Å². The van der Waals surface area contributed by atoms with E-state index in [0.717, 1.165) is 40.6 Å². The first kappa shape index (κ1) is 22.6. The van der Waals surface area contributed by atoms with Crippen LogP contribution in [0.5, 0.6) is 0 Å². The van der Waals surface area contributed by atoms with Crippen LogP contribution >= 0.6 is 12.2 Å². The van der Waals surface area contributed by atoms with Gasteiger partial charge in [0.1, 0.15) is 0 Å². The Morgan fingerprint density at radius 1 is 1.09 bits per heavy atom. The molecule has 2 aliphatic rings. The molecule has 1 aliphatic heterocycles. The van der Waals surface area contributed by atoms with Crippen LogP contribution in [-0.4, -0.2) is 36.7 Å². The Bertz CT molecular complexity index is 1220. The van der Waals surface area contributed by atoms with Crippen LogP contribution in [-0.2, 0) is 0 Å². The average molecular weight is 475 g/mol. The van der Waals surface area contributed by atoms with Gasteiger partial charge in [0, 0.05) is 23.6 Å². The fourth-order valence-corrected chi connectivity index (χ4v) is 6.15. The van der Waals surface area contributed by atoms with Crippen molar-refractivity contribution in [1.82, 2.24) is 19.8 Å². The molecule has 1 saturated carbocycles. The van der Waals surface area contributed by atoms with E-state index in [0.29, 0.717) is 17.3 Å². The summed E-state index contributed by atoms with van der Waals surface area (Å²) in [6, 6.07) is 15.7. The smallest absolute Gasteiger partial charge is 0.337 e. The molecule has 176 valence electrons. The summed E-state index contributed by atoms with van der Waals surface area (Å²) < 4.78 is 2.06. The van der Waals surface area contributed by atoms with Crippen LogP contribution in [0.15, 0.2) is 54.7 Å². The molecule has 2 aromatic heterocycles. The zero-order chi connectivity index (χ0) is 23.8. The highest BCUT2D eigenvalue weighted by atomic mass is 32.1. The third kappa shape index (κ3) is 3.88. The summed E-state index contributed by atoms with van der Waals surface area (Å²) in [5, 5.41) is 14.2. The highest BCUT2D eigenvalue weighted by Gasteiger charge is 2.44. The number of pyridine rings is 1. The van der Waals surface area contributed by atoms with Crippen molar-refractivity contribution < 1.29 is 9.90 Å². The Morgan fingerprint density at radius 3 is 2.53 bits per heavy atom. The summed E-state index contributed by atoms with van der Waals surface area (Å²) in [4.78, 5) is 19.0. The van der Waals surface area contributed by atoms with Crippen molar-refractivity contribution in [2.75, 3.05) is 0 Å². The normalized spacial score (nSPS) is 21.0. The van der Waals surface area contributed by atoms with E-state index in [1.165, 1.54) is 19.3 Å². The molecule has 1 saturated heterocycles. The van der Waals surface area contributed by atoms with Crippen molar-refractivity contribution in [2.24, 2.45) is 0 Å². The van der Waals surface area contributed by atoms with Crippen LogP contribution in [0.3, 0.4) is 0 Å². The summed E-state index contributed by atoms with van der Waals surface area (Å²) in [6.07, 6.45) is 7.80. The Balaban J connectivity index is 1.65. The monoisotopic (exact) mass is 474 g/mol. The van der Waals surface area contributed by atoms with E-state index in [9.17, 15) is 9.90 Å². The lowest BCUT2D eigenvalue weighted by Gasteiger charge is -2.37. The van der Waals surface area contributed by atoms with Gasteiger partial charge in [-0.15, -0.1) is 0 Å². The van der Waals surface area contributed by atoms with Gasteiger partial charge in [-0.3, -0.25) is 4.98 Å². The molecule has 2 fully saturated rings. The van der Waals surface area contributed by atoms with Crippen molar-refractivity contribution >= 4 is 23.3 Å². The Kier molecular flexibility index (Phi) is 6.13. The number of para-hydroxylation sites is 1. The minimum absolute atomic E-state index is 0.0116. The van der Waals surface area contributed by atoms with Gasteiger partial charge >= 0.3 is 5.97 Å². The number of aromatic carboxylic acids is 1. The van der Waals surface area contributed by atoms with Gasteiger partial charge in [0.2, 0.25) is 0 Å². The molecule has 7 heteroatoms. The molecule has 0 radical (unpaired) electrons. The molecule has 1 aliphatic carbocycles. The van der Waals surface area contributed by atoms with E-state index >= 15 is 0 Å². The SMILES string of the molecule is Cc1cc([C@@H]2[C@@H](c3ccccn3)NC(=S)N2C2CCCCC2)c(C)n1-c1ccccc1C(=O)O. The third-order valence-corrected chi connectivity index (χ3v) is 7.60. The number of carboxylic acid groups (broad SMARTS) is 1. The van der Waals surface area contributed by atoms with Gasteiger partial charge in [-0.05, 0) is 74.8 Å². The van der Waals surface area contributed by atoms with Gasteiger partial charge in [0.25, 0.3) is 0 Å². The molecular weight excluding hydrogens is 444 g/mol. The second-order valence-corrected chi connectivity index (χ2v) is 9.70. The lowest BCUT2D eigenvalue weighted by molar-refractivity contribution is 0.0697. The number of thiocarbonyl (C=S) groups is 1. The number of carboxylic acids is 1. The summed E-state index contributed by atoms with van der Waals surface area (Å²) in [5.74, 6) is -0.927. The van der Waals surface area contributed by atoms with Gasteiger partial charge in [-0.2, -0.15) is 0 Å². The minimum Gasteiger partial charge on any atom is -0.478 e. The Morgan fingerprint density at radius 2 is 1.82 bits per heavy atom. The maximum atomic E-state index is 12.0. The van der Waals surface area contributed by atoms with Gasteiger partial charge < -0.3 is 19.9 Å². The fourth-order valence-electron chi connectivity index (χ4n) is 5.76. The van der Waals surface area contributed by atoms with Crippen molar-refractivity contribution in [2.45, 2.75) is 64.1 Å². The first-order chi connectivity index (χ1) is 16.5. The summed E-state index contributed by atoms with van der Waals surface area (Å²) >= 11 is 5.91. The molecule has 0 amide bonds. The van der Waals surface area contributed by atoms with E-state index in [1.54, 1.807) is 12.1 Å². The Labute approximate surface area is 205 Å². The molecule has 34 heavy (non-hydrogen) atoms. The largest absolute Gasteiger partial charge is 0.478 e. The number of nitrogens with zero attached hydrogens (tertiary/aromatic N) is 3.